The van der Waals surface area contributed by atoms with E-state index in [-0.39, 0.29) is 12.1 Å². The quantitative estimate of drug-likeness (QED) is 0.845. The lowest BCUT2D eigenvalue weighted by molar-refractivity contribution is 0.0807. The van der Waals surface area contributed by atoms with E-state index in [4.69, 9.17) is 11.6 Å². The largest absolute Gasteiger partial charge is 0.393 e. The third kappa shape index (κ3) is 4.43. The Morgan fingerprint density at radius 3 is 2.75 bits per heavy atom. The maximum Gasteiger partial charge on any atom is 0.0564 e. The van der Waals surface area contributed by atoms with Crippen molar-refractivity contribution in [3.05, 3.63) is 33.3 Å². The lowest BCUT2D eigenvalue weighted by Crippen LogP contribution is -2.37. The normalized spacial score (nSPS) is 19.2. The van der Waals surface area contributed by atoms with Gasteiger partial charge in [-0.2, -0.15) is 0 Å². The van der Waals surface area contributed by atoms with Gasteiger partial charge >= 0.3 is 0 Å². The summed E-state index contributed by atoms with van der Waals surface area (Å²) in [6.45, 7) is 3.02. The first-order chi connectivity index (χ1) is 9.60. The summed E-state index contributed by atoms with van der Waals surface area (Å²) in [5.41, 5.74) is 1.15. The van der Waals surface area contributed by atoms with E-state index >= 15 is 0 Å². The second-order valence-electron chi connectivity index (χ2n) is 5.37. The Bertz CT molecular complexity index is 436. The molecular weight excluding hydrogens is 340 g/mol. The van der Waals surface area contributed by atoms with Gasteiger partial charge in [0, 0.05) is 28.6 Å². The molecule has 20 heavy (non-hydrogen) atoms. The molecule has 1 aliphatic rings. The van der Waals surface area contributed by atoms with E-state index in [0.717, 1.165) is 54.0 Å². The molecular formula is C15H22BrClN2O. The van der Waals surface area contributed by atoms with Crippen LogP contribution in [0.5, 0.6) is 0 Å². The van der Waals surface area contributed by atoms with Gasteiger partial charge in [0.25, 0.3) is 0 Å². The molecule has 1 heterocycles. The minimum Gasteiger partial charge on any atom is -0.393 e. The van der Waals surface area contributed by atoms with Crippen LogP contribution in [0.2, 0.25) is 5.02 Å². The Balaban J connectivity index is 1.92. The van der Waals surface area contributed by atoms with Gasteiger partial charge in [-0.05, 0) is 50.6 Å². The van der Waals surface area contributed by atoms with E-state index in [2.05, 4.69) is 32.2 Å². The van der Waals surface area contributed by atoms with Gasteiger partial charge in [-0.25, -0.2) is 0 Å². The maximum atomic E-state index is 9.53. The van der Waals surface area contributed by atoms with E-state index in [9.17, 15) is 5.11 Å². The molecule has 2 N–H and O–H groups in total. The number of hydrogen-bond acceptors (Lipinski definition) is 3. The molecule has 0 saturated carbocycles. The first-order valence-corrected chi connectivity index (χ1v) is 8.30. The van der Waals surface area contributed by atoms with E-state index < -0.39 is 0 Å². The summed E-state index contributed by atoms with van der Waals surface area (Å²) < 4.78 is 1.01. The Labute approximate surface area is 134 Å². The van der Waals surface area contributed by atoms with Crippen molar-refractivity contribution in [2.75, 3.05) is 26.7 Å². The zero-order valence-corrected chi connectivity index (χ0v) is 14.1. The van der Waals surface area contributed by atoms with Crippen molar-refractivity contribution in [1.82, 2.24) is 10.2 Å². The standard InChI is InChI=1S/C15H22BrClN2O/c1-18-15(13-3-2-11(16)10-14(13)17)6-9-19-7-4-12(20)5-8-19/h2-3,10,12,15,18,20H,4-9H2,1H3. The molecule has 3 nitrogen and oxygen atoms in total. The number of piperidine rings is 1. The molecule has 1 fully saturated rings. The predicted octanol–water partition coefficient (Wildman–Crippen LogP) is 3.21. The van der Waals surface area contributed by atoms with Crippen LogP contribution in [-0.4, -0.2) is 42.8 Å². The Hall–Kier alpha value is -0.130. The van der Waals surface area contributed by atoms with Gasteiger partial charge in [0.2, 0.25) is 0 Å². The molecule has 1 atom stereocenters. The highest BCUT2D eigenvalue weighted by Crippen LogP contribution is 2.28. The summed E-state index contributed by atoms with van der Waals surface area (Å²) in [5.74, 6) is 0. The second-order valence-corrected chi connectivity index (χ2v) is 6.69. The summed E-state index contributed by atoms with van der Waals surface area (Å²) in [5, 5.41) is 13.7. The van der Waals surface area contributed by atoms with Crippen molar-refractivity contribution in [3.8, 4) is 0 Å². The molecule has 2 rings (SSSR count). The minimum absolute atomic E-state index is 0.104. The number of hydrogen-bond donors (Lipinski definition) is 2. The number of rotatable bonds is 5. The van der Waals surface area contributed by atoms with Crippen molar-refractivity contribution in [3.63, 3.8) is 0 Å². The summed E-state index contributed by atoms with van der Waals surface area (Å²) in [7, 11) is 1.98. The molecule has 0 amide bonds. The molecule has 0 aliphatic carbocycles. The van der Waals surface area contributed by atoms with Crippen LogP contribution >= 0.6 is 27.5 Å². The minimum atomic E-state index is -0.104. The number of benzene rings is 1. The molecule has 1 aromatic rings. The number of nitrogens with one attached hydrogen (secondary N) is 1. The van der Waals surface area contributed by atoms with Gasteiger partial charge < -0.3 is 15.3 Å². The highest BCUT2D eigenvalue weighted by Gasteiger charge is 2.19. The lowest BCUT2D eigenvalue weighted by Gasteiger charge is -2.30. The molecule has 1 aliphatic heterocycles. The van der Waals surface area contributed by atoms with Gasteiger partial charge in [-0.1, -0.05) is 33.6 Å². The van der Waals surface area contributed by atoms with Gasteiger partial charge in [-0.15, -0.1) is 0 Å². The van der Waals surface area contributed by atoms with Gasteiger partial charge in [0.05, 0.1) is 6.10 Å². The average molecular weight is 362 g/mol. The number of nitrogens with zero attached hydrogens (tertiary/aromatic N) is 1. The van der Waals surface area contributed by atoms with Crippen LogP contribution in [-0.2, 0) is 0 Å². The van der Waals surface area contributed by atoms with Crippen molar-refractivity contribution < 1.29 is 5.11 Å². The van der Waals surface area contributed by atoms with E-state index in [1.54, 1.807) is 0 Å². The van der Waals surface area contributed by atoms with Crippen molar-refractivity contribution in [2.45, 2.75) is 31.4 Å². The topological polar surface area (TPSA) is 35.5 Å². The Morgan fingerprint density at radius 2 is 2.15 bits per heavy atom. The fourth-order valence-electron chi connectivity index (χ4n) is 2.69. The number of aliphatic hydroxyl groups excluding tert-OH is 1. The van der Waals surface area contributed by atoms with Gasteiger partial charge in [-0.3, -0.25) is 0 Å². The van der Waals surface area contributed by atoms with Crippen molar-refractivity contribution in [1.29, 1.82) is 0 Å². The van der Waals surface area contributed by atoms with E-state index in [1.165, 1.54) is 0 Å². The molecule has 0 bridgehead atoms. The van der Waals surface area contributed by atoms with E-state index in [0.29, 0.717) is 0 Å². The maximum absolute atomic E-state index is 9.53. The fraction of sp³-hybridized carbons (Fsp3) is 0.600. The summed E-state index contributed by atoms with van der Waals surface area (Å²) >= 11 is 9.76. The SMILES string of the molecule is CNC(CCN1CCC(O)CC1)c1ccc(Br)cc1Cl. The summed E-state index contributed by atoms with van der Waals surface area (Å²) in [6, 6.07) is 6.32. The highest BCUT2D eigenvalue weighted by molar-refractivity contribution is 9.10. The molecule has 112 valence electrons. The second kappa shape index (κ2) is 7.76. The van der Waals surface area contributed by atoms with Crippen molar-refractivity contribution >= 4 is 27.5 Å². The third-order valence-corrected chi connectivity index (χ3v) is 4.80. The molecule has 0 aromatic heterocycles. The average Bonchev–Trinajstić information content (AvgIpc) is 2.43. The van der Waals surface area contributed by atoms with Crippen LogP contribution in [0, 0.1) is 0 Å². The summed E-state index contributed by atoms with van der Waals surface area (Å²) in [6.07, 6.45) is 2.70. The summed E-state index contributed by atoms with van der Waals surface area (Å²) in [4.78, 5) is 2.42. The highest BCUT2D eigenvalue weighted by atomic mass is 79.9. The van der Waals surface area contributed by atoms with Crippen LogP contribution in [0.25, 0.3) is 0 Å². The number of aliphatic hydroxyl groups is 1. The lowest BCUT2D eigenvalue weighted by atomic mass is 10.0. The van der Waals surface area contributed by atoms with Crippen LogP contribution in [0.1, 0.15) is 30.9 Å². The first-order valence-electron chi connectivity index (χ1n) is 7.12. The predicted molar refractivity (Wildman–Crippen MR) is 87.3 cm³/mol. The number of halogens is 2. The zero-order valence-electron chi connectivity index (χ0n) is 11.8. The van der Waals surface area contributed by atoms with Crippen LogP contribution < -0.4 is 5.32 Å². The van der Waals surface area contributed by atoms with Gasteiger partial charge in [0.15, 0.2) is 0 Å². The fourth-order valence-corrected chi connectivity index (χ4v) is 3.50. The molecule has 1 aromatic carbocycles. The van der Waals surface area contributed by atoms with E-state index in [1.807, 2.05) is 19.2 Å². The molecule has 0 radical (unpaired) electrons. The van der Waals surface area contributed by atoms with Crippen molar-refractivity contribution in [2.24, 2.45) is 0 Å². The smallest absolute Gasteiger partial charge is 0.0564 e. The van der Waals surface area contributed by atoms with Crippen LogP contribution in [0.4, 0.5) is 0 Å². The first kappa shape index (κ1) is 16.2. The van der Waals surface area contributed by atoms with Gasteiger partial charge in [0.1, 0.15) is 0 Å². The van der Waals surface area contributed by atoms with Crippen LogP contribution in [0.15, 0.2) is 22.7 Å². The molecule has 0 spiro atoms. The monoisotopic (exact) mass is 360 g/mol. The molecule has 1 saturated heterocycles. The molecule has 1 unspecified atom stereocenters. The Morgan fingerprint density at radius 1 is 1.45 bits per heavy atom. The Kier molecular flexibility index (Phi) is 6.30. The van der Waals surface area contributed by atoms with Crippen LogP contribution in [0.3, 0.4) is 0 Å². The molecule has 5 heteroatoms. The third-order valence-electron chi connectivity index (χ3n) is 3.98. The number of likely N-dealkylation sites (tertiary alicyclic amines) is 1. The zero-order chi connectivity index (χ0) is 14.5.